The quantitative estimate of drug-likeness (QED) is 0.209. The van der Waals surface area contributed by atoms with Crippen molar-refractivity contribution >= 4 is 5.78 Å². The summed E-state index contributed by atoms with van der Waals surface area (Å²) in [5, 5.41) is 0. The summed E-state index contributed by atoms with van der Waals surface area (Å²) in [6, 6.07) is 0. The molecule has 1 unspecified atom stereocenters. The Bertz CT molecular complexity index is 305. The monoisotopic (exact) mass is 366 g/mol. The van der Waals surface area contributed by atoms with E-state index in [1.54, 1.807) is 0 Å². The van der Waals surface area contributed by atoms with Gasteiger partial charge in [-0.15, -0.1) is 0 Å². The largest absolute Gasteiger partial charge is 0.300 e. The molecule has 1 heteroatoms. The molecule has 26 heavy (non-hydrogen) atoms. The molecule has 1 nitrogen and oxygen atoms in total. The summed E-state index contributed by atoms with van der Waals surface area (Å²) in [5.41, 5.74) is 0. The molecule has 0 heterocycles. The average Bonchev–Trinajstić information content (AvgIpc) is 2.57. The molecule has 1 atom stereocenters. The molecular formula is C25H50O. The highest BCUT2D eigenvalue weighted by molar-refractivity contribution is 5.78. The van der Waals surface area contributed by atoms with Crippen LogP contribution in [0.3, 0.4) is 0 Å². The van der Waals surface area contributed by atoms with Gasteiger partial charge in [0, 0.05) is 12.8 Å². The number of Topliss-reactive ketones (excluding diaryl/α,β-unsaturated/α-hetero) is 1. The first kappa shape index (κ1) is 25.7. The second-order valence-electron chi connectivity index (χ2n) is 9.36. The molecule has 0 spiro atoms. The van der Waals surface area contributed by atoms with Crippen molar-refractivity contribution in [1.29, 1.82) is 0 Å². The molecule has 0 aliphatic heterocycles. The first-order valence-electron chi connectivity index (χ1n) is 12.0. The van der Waals surface area contributed by atoms with Gasteiger partial charge in [-0.25, -0.2) is 0 Å². The van der Waals surface area contributed by atoms with Crippen molar-refractivity contribution in [2.24, 2.45) is 17.8 Å². The number of unbranched alkanes of at least 4 members (excludes halogenated alkanes) is 10. The molecule has 0 aromatic rings. The lowest BCUT2D eigenvalue weighted by Gasteiger charge is -2.20. The smallest absolute Gasteiger partial charge is 0.133 e. The second kappa shape index (κ2) is 18.1. The summed E-state index contributed by atoms with van der Waals surface area (Å²) < 4.78 is 0. The normalized spacial score (nSPS) is 12.9. The minimum atomic E-state index is 0.467. The summed E-state index contributed by atoms with van der Waals surface area (Å²) in [5.74, 6) is 2.79. The number of carbonyl (C=O) groups excluding carboxylic acids is 1. The molecule has 0 rings (SSSR count). The first-order chi connectivity index (χ1) is 12.5. The Kier molecular flexibility index (Phi) is 17.8. The van der Waals surface area contributed by atoms with Crippen LogP contribution in [-0.4, -0.2) is 5.78 Å². The molecule has 0 bridgehead atoms. The van der Waals surface area contributed by atoms with E-state index in [2.05, 4.69) is 34.6 Å². The zero-order chi connectivity index (χ0) is 19.6. The highest BCUT2D eigenvalue weighted by Gasteiger charge is 2.12. The second-order valence-corrected chi connectivity index (χ2v) is 9.36. The third kappa shape index (κ3) is 17.1. The Morgan fingerprint density at radius 3 is 1.58 bits per heavy atom. The van der Waals surface area contributed by atoms with E-state index in [0.717, 1.165) is 31.1 Å². The Hall–Kier alpha value is -0.330. The molecule has 0 saturated heterocycles. The van der Waals surface area contributed by atoms with Gasteiger partial charge in [0.2, 0.25) is 0 Å². The maximum absolute atomic E-state index is 11.7. The Morgan fingerprint density at radius 2 is 1.12 bits per heavy atom. The van der Waals surface area contributed by atoms with E-state index in [9.17, 15) is 4.79 Å². The van der Waals surface area contributed by atoms with Gasteiger partial charge in [0.1, 0.15) is 5.78 Å². The van der Waals surface area contributed by atoms with Gasteiger partial charge < -0.3 is 0 Å². The summed E-state index contributed by atoms with van der Waals surface area (Å²) in [7, 11) is 0. The lowest BCUT2D eigenvalue weighted by atomic mass is 9.85. The zero-order valence-electron chi connectivity index (χ0n) is 19.0. The van der Waals surface area contributed by atoms with E-state index in [0.29, 0.717) is 11.7 Å². The van der Waals surface area contributed by atoms with Crippen molar-refractivity contribution in [1.82, 2.24) is 0 Å². The zero-order valence-corrected chi connectivity index (χ0v) is 19.0. The molecular weight excluding hydrogens is 316 g/mol. The summed E-state index contributed by atoms with van der Waals surface area (Å²) in [4.78, 5) is 11.7. The summed E-state index contributed by atoms with van der Waals surface area (Å²) >= 11 is 0. The van der Waals surface area contributed by atoms with Gasteiger partial charge in [0.25, 0.3) is 0 Å². The fraction of sp³-hybridized carbons (Fsp3) is 0.960. The Balaban J connectivity index is 3.51. The van der Waals surface area contributed by atoms with Gasteiger partial charge in [-0.1, -0.05) is 118 Å². The fourth-order valence-corrected chi connectivity index (χ4v) is 3.99. The van der Waals surface area contributed by atoms with Gasteiger partial charge in [-0.3, -0.25) is 4.79 Å². The molecule has 0 fully saturated rings. The van der Waals surface area contributed by atoms with Crippen LogP contribution in [0.5, 0.6) is 0 Å². The van der Waals surface area contributed by atoms with E-state index in [-0.39, 0.29) is 0 Å². The topological polar surface area (TPSA) is 17.1 Å². The SMILES string of the molecule is CCCCCCCC(CCCCCCCCCC(=O)CC(C)C)C(C)C. The molecule has 0 aliphatic rings. The maximum Gasteiger partial charge on any atom is 0.133 e. The highest BCUT2D eigenvalue weighted by Crippen LogP contribution is 2.25. The van der Waals surface area contributed by atoms with E-state index >= 15 is 0 Å². The van der Waals surface area contributed by atoms with E-state index in [1.807, 2.05) is 0 Å². The molecule has 0 saturated carbocycles. The summed E-state index contributed by atoms with van der Waals surface area (Å²) in [6.07, 6.45) is 20.8. The average molecular weight is 367 g/mol. The number of rotatable bonds is 19. The predicted octanol–water partition coefficient (Wildman–Crippen LogP) is 8.75. The molecule has 156 valence electrons. The third-order valence-corrected chi connectivity index (χ3v) is 5.79. The van der Waals surface area contributed by atoms with Crippen molar-refractivity contribution < 1.29 is 4.79 Å². The van der Waals surface area contributed by atoms with Crippen LogP contribution in [0.4, 0.5) is 0 Å². The van der Waals surface area contributed by atoms with Crippen LogP contribution in [0, 0.1) is 17.8 Å². The van der Waals surface area contributed by atoms with Gasteiger partial charge >= 0.3 is 0 Å². The Morgan fingerprint density at radius 1 is 0.654 bits per heavy atom. The molecule has 0 radical (unpaired) electrons. The van der Waals surface area contributed by atoms with Crippen molar-refractivity contribution in [2.45, 2.75) is 137 Å². The number of carbonyl (C=O) groups is 1. The van der Waals surface area contributed by atoms with Gasteiger partial charge in [-0.2, -0.15) is 0 Å². The lowest BCUT2D eigenvalue weighted by Crippen LogP contribution is -2.08. The van der Waals surface area contributed by atoms with Crippen LogP contribution in [0.1, 0.15) is 137 Å². The van der Waals surface area contributed by atoms with Crippen LogP contribution >= 0.6 is 0 Å². The molecule has 0 amide bonds. The predicted molar refractivity (Wildman–Crippen MR) is 118 cm³/mol. The number of hydrogen-bond donors (Lipinski definition) is 0. The number of ketones is 1. The fourth-order valence-electron chi connectivity index (χ4n) is 3.99. The number of hydrogen-bond acceptors (Lipinski definition) is 1. The van der Waals surface area contributed by atoms with Crippen molar-refractivity contribution in [3.05, 3.63) is 0 Å². The van der Waals surface area contributed by atoms with Crippen LogP contribution < -0.4 is 0 Å². The molecule has 0 aromatic heterocycles. The highest BCUT2D eigenvalue weighted by atomic mass is 16.1. The van der Waals surface area contributed by atoms with Crippen molar-refractivity contribution in [3.8, 4) is 0 Å². The maximum atomic E-state index is 11.7. The minimum Gasteiger partial charge on any atom is -0.300 e. The van der Waals surface area contributed by atoms with Crippen LogP contribution in [-0.2, 0) is 4.79 Å². The lowest BCUT2D eigenvalue weighted by molar-refractivity contribution is -0.119. The molecule has 0 aliphatic carbocycles. The van der Waals surface area contributed by atoms with Crippen molar-refractivity contribution in [2.75, 3.05) is 0 Å². The minimum absolute atomic E-state index is 0.467. The third-order valence-electron chi connectivity index (χ3n) is 5.79. The van der Waals surface area contributed by atoms with Crippen LogP contribution in [0.15, 0.2) is 0 Å². The van der Waals surface area contributed by atoms with Gasteiger partial charge in [-0.05, 0) is 24.2 Å². The summed E-state index contributed by atoms with van der Waals surface area (Å²) in [6.45, 7) is 11.4. The van der Waals surface area contributed by atoms with Gasteiger partial charge in [0.05, 0.1) is 0 Å². The van der Waals surface area contributed by atoms with Crippen LogP contribution in [0.2, 0.25) is 0 Å². The Labute approximate surface area is 166 Å². The standard InChI is InChI=1S/C25H50O/c1-6-7-8-12-15-18-24(23(4)5)19-16-13-10-9-11-14-17-20-25(26)21-22(2)3/h22-24H,6-21H2,1-5H3. The van der Waals surface area contributed by atoms with Crippen LogP contribution in [0.25, 0.3) is 0 Å². The van der Waals surface area contributed by atoms with Crippen molar-refractivity contribution in [3.63, 3.8) is 0 Å². The molecule has 0 aromatic carbocycles. The van der Waals surface area contributed by atoms with E-state index < -0.39 is 0 Å². The van der Waals surface area contributed by atoms with E-state index in [4.69, 9.17) is 0 Å². The molecule has 0 N–H and O–H groups in total. The van der Waals surface area contributed by atoms with E-state index in [1.165, 1.54) is 83.5 Å². The van der Waals surface area contributed by atoms with Gasteiger partial charge in [0.15, 0.2) is 0 Å². The first-order valence-corrected chi connectivity index (χ1v) is 12.0.